The highest BCUT2D eigenvalue weighted by Gasteiger charge is 2.27. The minimum absolute atomic E-state index is 0.0265. The van der Waals surface area contributed by atoms with E-state index in [0.29, 0.717) is 0 Å². The molecule has 10 rings (SSSR count). The summed E-state index contributed by atoms with van der Waals surface area (Å²) in [4.78, 5) is 19.9. The minimum Gasteiger partial charge on any atom is -0.301 e. The van der Waals surface area contributed by atoms with Crippen molar-refractivity contribution >= 4 is 22.3 Å². The molecule has 2 unspecified atom stereocenters. The van der Waals surface area contributed by atoms with Crippen molar-refractivity contribution < 1.29 is 0 Å². The Balaban J connectivity index is 1.01. The van der Waals surface area contributed by atoms with Crippen molar-refractivity contribution in [3.63, 3.8) is 0 Å². The molecule has 0 amide bonds. The highest BCUT2D eigenvalue weighted by atomic mass is 15.2. The molecule has 256 valence electrons. The Morgan fingerprint density at radius 2 is 0.981 bits per heavy atom. The molecule has 0 saturated heterocycles. The van der Waals surface area contributed by atoms with Crippen molar-refractivity contribution in [2.45, 2.75) is 12.0 Å². The van der Waals surface area contributed by atoms with Crippen LogP contribution in [0.4, 0.5) is 0 Å². The second-order valence-electron chi connectivity index (χ2n) is 13.5. The normalized spacial score (nSPS) is 15.3. The number of rotatable bonds is 7. The average molecular weight is 695 g/mol. The van der Waals surface area contributed by atoms with Gasteiger partial charge in [0.2, 0.25) is 0 Å². The first kappa shape index (κ1) is 31.5. The third-order valence-electron chi connectivity index (χ3n) is 10.3. The lowest BCUT2D eigenvalue weighted by molar-refractivity contribution is 0.560. The van der Waals surface area contributed by atoms with Crippen molar-refractivity contribution in [3.05, 3.63) is 200 Å². The lowest BCUT2D eigenvalue weighted by Gasteiger charge is -2.27. The van der Waals surface area contributed by atoms with Gasteiger partial charge >= 0.3 is 0 Å². The van der Waals surface area contributed by atoms with Crippen LogP contribution in [0, 0.1) is 0 Å². The summed E-state index contributed by atoms with van der Waals surface area (Å²) in [5.74, 6) is 1.91. The fraction of sp³-hybridized carbons (Fsp3) is 0.0417. The van der Waals surface area contributed by atoms with Crippen LogP contribution in [0.2, 0.25) is 0 Å². The van der Waals surface area contributed by atoms with Gasteiger partial charge in [0, 0.05) is 35.0 Å². The Kier molecular flexibility index (Phi) is 7.84. The molecule has 0 fully saturated rings. The van der Waals surface area contributed by atoms with E-state index in [2.05, 4.69) is 161 Å². The van der Waals surface area contributed by atoms with E-state index in [4.69, 9.17) is 19.9 Å². The summed E-state index contributed by atoms with van der Waals surface area (Å²) in [6, 6.07) is 55.0. The molecule has 2 atom stereocenters. The van der Waals surface area contributed by atoms with Gasteiger partial charge < -0.3 is 4.57 Å². The van der Waals surface area contributed by atoms with Crippen LogP contribution < -0.4 is 0 Å². The Hall–Kier alpha value is -7.18. The van der Waals surface area contributed by atoms with Crippen LogP contribution in [-0.4, -0.2) is 29.1 Å². The number of imidazole rings is 2. The number of aromatic nitrogens is 6. The van der Waals surface area contributed by atoms with Crippen molar-refractivity contribution in [2.75, 3.05) is 0 Å². The molecular formula is C48H34N6. The number of para-hydroxylation sites is 1. The maximum absolute atomic E-state index is 5.14. The van der Waals surface area contributed by atoms with E-state index in [1.165, 1.54) is 5.56 Å². The predicted octanol–water partition coefficient (Wildman–Crippen LogP) is 11.3. The Morgan fingerprint density at radius 3 is 1.70 bits per heavy atom. The Bertz CT molecular complexity index is 2810. The molecular weight excluding hydrogens is 661 g/mol. The standard InChI is InChI=1S/C48H34N6/c1-3-13-35(14-4-1)39-17-7-9-21-43(39)53-45(51-41-19-11-31-49-47(41)53)37-27-23-33(24-28-37)34-25-29-38(30-26-34)46-52-42-20-12-32-50-48(42)54(46)44-22-10-8-18-40(44)36-15-5-2-6-16-36/h1-32,39,43H. The second-order valence-corrected chi connectivity index (χ2v) is 13.5. The first-order chi connectivity index (χ1) is 26.8. The smallest absolute Gasteiger partial charge is 0.164 e. The van der Waals surface area contributed by atoms with E-state index >= 15 is 0 Å². The monoisotopic (exact) mass is 694 g/mol. The molecule has 1 aliphatic rings. The van der Waals surface area contributed by atoms with E-state index < -0.39 is 0 Å². The van der Waals surface area contributed by atoms with Gasteiger partial charge in [0.25, 0.3) is 0 Å². The van der Waals surface area contributed by atoms with Crippen molar-refractivity contribution in [1.82, 2.24) is 29.1 Å². The highest BCUT2D eigenvalue weighted by molar-refractivity contribution is 5.85. The van der Waals surface area contributed by atoms with Crippen LogP contribution in [0.3, 0.4) is 0 Å². The van der Waals surface area contributed by atoms with Crippen molar-refractivity contribution in [2.24, 2.45) is 0 Å². The zero-order valence-electron chi connectivity index (χ0n) is 29.3. The molecule has 0 saturated carbocycles. The summed E-state index contributed by atoms with van der Waals surface area (Å²) in [6.07, 6.45) is 12.5. The maximum Gasteiger partial charge on any atom is 0.164 e. The first-order valence-corrected chi connectivity index (χ1v) is 18.2. The van der Waals surface area contributed by atoms with E-state index in [0.717, 1.165) is 73.0 Å². The maximum atomic E-state index is 5.14. The molecule has 6 heteroatoms. The fourth-order valence-corrected chi connectivity index (χ4v) is 7.73. The highest BCUT2D eigenvalue weighted by Crippen LogP contribution is 2.40. The molecule has 0 bridgehead atoms. The number of benzene rings is 5. The SMILES string of the molecule is C1=CC(c2ccccc2)C(n2c(-c3ccc(-c4ccc(-c5nc6cccnc6n5-c5ccccc5-c5ccccc5)cc4)cc3)nc3cccnc32)C=C1. The van der Waals surface area contributed by atoms with Gasteiger partial charge in [0.1, 0.15) is 22.7 Å². The van der Waals surface area contributed by atoms with Gasteiger partial charge in [0.05, 0.1) is 11.7 Å². The van der Waals surface area contributed by atoms with Gasteiger partial charge in [-0.1, -0.05) is 152 Å². The molecule has 1 aliphatic carbocycles. The topological polar surface area (TPSA) is 61.4 Å². The van der Waals surface area contributed by atoms with E-state index in [1.54, 1.807) is 0 Å². The third-order valence-corrected chi connectivity index (χ3v) is 10.3. The number of hydrogen-bond donors (Lipinski definition) is 0. The molecule has 54 heavy (non-hydrogen) atoms. The summed E-state index contributed by atoms with van der Waals surface area (Å²) < 4.78 is 4.48. The molecule has 0 N–H and O–H groups in total. The molecule has 5 aromatic carbocycles. The molecule has 0 radical (unpaired) electrons. The summed E-state index contributed by atoms with van der Waals surface area (Å²) in [6.45, 7) is 0. The zero-order valence-corrected chi connectivity index (χ0v) is 29.3. The predicted molar refractivity (Wildman–Crippen MR) is 218 cm³/mol. The summed E-state index contributed by atoms with van der Waals surface area (Å²) in [5, 5.41) is 0. The van der Waals surface area contributed by atoms with Gasteiger partial charge in [-0.15, -0.1) is 0 Å². The minimum atomic E-state index is 0.0265. The van der Waals surface area contributed by atoms with Crippen molar-refractivity contribution in [1.29, 1.82) is 0 Å². The summed E-state index contributed by atoms with van der Waals surface area (Å²) in [5.41, 5.74) is 12.3. The van der Waals surface area contributed by atoms with Crippen LogP contribution >= 0.6 is 0 Å². The van der Waals surface area contributed by atoms with Crippen LogP contribution in [-0.2, 0) is 0 Å². The summed E-state index contributed by atoms with van der Waals surface area (Å²) >= 11 is 0. The molecule has 4 aromatic heterocycles. The second kappa shape index (κ2) is 13.4. The van der Waals surface area contributed by atoms with Crippen LogP contribution in [0.15, 0.2) is 194 Å². The van der Waals surface area contributed by atoms with Gasteiger partial charge in [-0.25, -0.2) is 19.9 Å². The van der Waals surface area contributed by atoms with Crippen LogP contribution in [0.1, 0.15) is 17.5 Å². The van der Waals surface area contributed by atoms with Crippen LogP contribution in [0.5, 0.6) is 0 Å². The first-order valence-electron chi connectivity index (χ1n) is 18.2. The molecule has 9 aromatic rings. The van der Waals surface area contributed by atoms with E-state index in [9.17, 15) is 0 Å². The Morgan fingerprint density at radius 1 is 0.426 bits per heavy atom. The number of allylic oxidation sites excluding steroid dienone is 4. The van der Waals surface area contributed by atoms with Gasteiger partial charge in [-0.05, 0) is 52.6 Å². The summed E-state index contributed by atoms with van der Waals surface area (Å²) in [7, 11) is 0. The molecule has 6 nitrogen and oxygen atoms in total. The van der Waals surface area contributed by atoms with Gasteiger partial charge in [0.15, 0.2) is 11.3 Å². The molecule has 0 aliphatic heterocycles. The lowest BCUT2D eigenvalue weighted by Crippen LogP contribution is -2.18. The zero-order chi connectivity index (χ0) is 35.8. The average Bonchev–Trinajstić information content (AvgIpc) is 3.84. The molecule has 0 spiro atoms. The van der Waals surface area contributed by atoms with Crippen LogP contribution in [0.25, 0.3) is 73.0 Å². The third kappa shape index (κ3) is 5.52. The van der Waals surface area contributed by atoms with E-state index in [1.807, 2.05) is 42.7 Å². The fourth-order valence-electron chi connectivity index (χ4n) is 7.73. The van der Waals surface area contributed by atoms with Gasteiger partial charge in [-0.2, -0.15) is 0 Å². The Labute approximate surface area is 313 Å². The lowest BCUT2D eigenvalue weighted by atomic mass is 9.88. The molecule has 4 heterocycles. The van der Waals surface area contributed by atoms with Gasteiger partial charge in [-0.3, -0.25) is 4.57 Å². The number of nitrogens with zero attached hydrogens (tertiary/aromatic N) is 6. The number of pyridine rings is 2. The quantitative estimate of drug-likeness (QED) is 0.167. The number of hydrogen-bond acceptors (Lipinski definition) is 4. The largest absolute Gasteiger partial charge is 0.301 e. The van der Waals surface area contributed by atoms with E-state index in [-0.39, 0.29) is 12.0 Å². The van der Waals surface area contributed by atoms with Crippen molar-refractivity contribution in [3.8, 4) is 50.7 Å². The number of fused-ring (bicyclic) bond motifs is 2.